The third-order valence-electron chi connectivity index (χ3n) is 8.82. The Morgan fingerprint density at radius 2 is 0.704 bits per heavy atom. The molecule has 2 heteroatoms. The van der Waals surface area contributed by atoms with Gasteiger partial charge in [0, 0.05) is 60.1 Å². The van der Waals surface area contributed by atoms with E-state index in [2.05, 4.69) is 0 Å². The Bertz CT molecular complexity index is 3690. The first-order valence-electron chi connectivity index (χ1n) is 37.5. The van der Waals surface area contributed by atoms with E-state index in [1.807, 2.05) is 0 Å². The van der Waals surface area contributed by atoms with Crippen molar-refractivity contribution >= 4 is 66.4 Å². The van der Waals surface area contributed by atoms with Crippen molar-refractivity contribution in [2.45, 2.75) is 67.2 Å². The fourth-order valence-electron chi connectivity index (χ4n) is 6.34. The van der Waals surface area contributed by atoms with Crippen LogP contribution in [0.15, 0.2) is 145 Å². The minimum Gasteiger partial charge on any atom is -0.310 e. The highest BCUT2D eigenvalue weighted by molar-refractivity contribution is 6.24. The highest BCUT2D eigenvalue weighted by atomic mass is 15.2. The molecule has 0 aliphatic carbocycles. The third-order valence-corrected chi connectivity index (χ3v) is 8.82. The van der Waals surface area contributed by atoms with Crippen LogP contribution in [0.5, 0.6) is 0 Å². The zero-order valence-electron chi connectivity index (χ0n) is 71.0. The van der Waals surface area contributed by atoms with Crippen molar-refractivity contribution < 1.29 is 59.5 Å². The van der Waals surface area contributed by atoms with Crippen LogP contribution in [0.3, 0.4) is 0 Å². The van der Waals surface area contributed by atoms with Gasteiger partial charge < -0.3 is 9.80 Å². The second-order valence-electron chi connectivity index (χ2n) is 13.6. The number of nitrogens with zero attached hydrogens (tertiary/aromatic N) is 2. The maximum atomic E-state index is 10.5. The largest absolute Gasteiger partial charge is 0.310 e. The summed E-state index contributed by atoms with van der Waals surface area (Å²) in [4.78, 5) is 1.60. The summed E-state index contributed by atoms with van der Waals surface area (Å²) in [5, 5.41) is -4.08. The molecule has 2 nitrogen and oxygen atoms in total. The summed E-state index contributed by atoms with van der Waals surface area (Å²) in [6, 6.07) is -18.0. The Morgan fingerprint density at radius 3 is 1.02 bits per heavy atom. The molecule has 0 aliphatic heterocycles. The lowest BCUT2D eigenvalue weighted by Crippen LogP contribution is -2.12. The van der Waals surface area contributed by atoms with Gasteiger partial charge in [0.05, 0.1) is 44.3 Å². The van der Waals surface area contributed by atoms with E-state index in [-0.39, 0.29) is 48.3 Å². The van der Waals surface area contributed by atoms with Crippen molar-refractivity contribution in [1.29, 1.82) is 0 Å². The lowest BCUT2D eigenvalue weighted by atomic mass is 9.93. The fourth-order valence-corrected chi connectivity index (χ4v) is 6.34. The topological polar surface area (TPSA) is 6.48 Å². The predicted octanol–water partition coefficient (Wildman–Crippen LogP) is 18.0. The Morgan fingerprint density at radius 1 is 0.389 bits per heavy atom. The van der Waals surface area contributed by atoms with Crippen LogP contribution >= 0.6 is 0 Å². The first kappa shape index (κ1) is 14.1. The van der Waals surface area contributed by atoms with Crippen LogP contribution in [-0.4, -0.2) is 0 Å². The summed E-state index contributed by atoms with van der Waals surface area (Å²) in [6.45, 7) is 12.0. The number of hydrogen-bond acceptors (Lipinski definition) is 2. The first-order chi connectivity index (χ1) is 44.1. The zero-order valence-corrected chi connectivity index (χ0v) is 31.0. The number of anilines is 6. The molecule has 8 rings (SSSR count). The van der Waals surface area contributed by atoms with E-state index in [1.165, 1.54) is 27.7 Å². The van der Waals surface area contributed by atoms with E-state index >= 15 is 0 Å². The predicted molar refractivity (Wildman–Crippen MR) is 257 cm³/mol. The molecule has 288 valence electrons. The Balaban J connectivity index is -0.00000447. The average Bonchev–Trinajstić information content (AvgIpc) is 0.686. The smallest absolute Gasteiger partial charge is 0.0652 e. The molecular formula is C52H70N2. The molecule has 0 radical (unpaired) electrons. The lowest BCUT2D eigenvalue weighted by Gasteiger charge is -2.30. The fraction of sp³-hybridized carbons (Fsp3) is 0.192. The molecular weight excluding hydrogens is 653 g/mol. The lowest BCUT2D eigenvalue weighted by molar-refractivity contribution is 0.866. The second kappa shape index (κ2) is 14.2. The quantitative estimate of drug-likeness (QED) is 0.142. The van der Waals surface area contributed by atoms with Crippen molar-refractivity contribution in [3.8, 4) is 0 Å². The number of rotatable bonds is 8. The molecule has 0 unspecified atom stereocenters. The van der Waals surface area contributed by atoms with E-state index in [0.29, 0.717) is 0 Å². The van der Waals surface area contributed by atoms with Gasteiger partial charge in [-0.1, -0.05) is 112 Å². The second-order valence-corrected chi connectivity index (χ2v) is 13.6. The zero-order chi connectivity index (χ0) is 74.6. The molecule has 0 bridgehead atoms. The highest BCUT2D eigenvalue weighted by Crippen LogP contribution is 2.48. The van der Waals surface area contributed by atoms with E-state index in [4.69, 9.17) is 32.0 Å². The molecule has 54 heavy (non-hydrogen) atoms. The molecule has 0 fully saturated rings. The molecule has 0 aliphatic rings. The highest BCUT2D eigenvalue weighted by Gasteiger charge is 2.23. The molecule has 0 amide bonds. The van der Waals surface area contributed by atoms with Gasteiger partial charge >= 0.3 is 0 Å². The molecule has 0 atom stereocenters. The number of fused-ring (bicyclic) bond motifs is 5. The van der Waals surface area contributed by atoms with Gasteiger partial charge in [0.25, 0.3) is 0 Å². The summed E-state index contributed by atoms with van der Waals surface area (Å²) < 4.78 is 307. The van der Waals surface area contributed by atoms with E-state index < -0.39 is 211 Å². The molecule has 0 saturated carbocycles. The van der Waals surface area contributed by atoms with E-state index in [0.717, 1.165) is 9.80 Å². The molecule has 0 heterocycles. The SMILES string of the molecule is [2HH].[2HH].[2H][2H].[2H][2H].[2H][2H].[2H][2H].[2H][2H].[2H][2H].[2H][2H].[2H][2H].[2H]c1c(C)c([2H])c(N(c2c([2H])c([2H])c(C(C)C)c([2H])c2[2H])c2c([2H])c3c4c([2H])c([2H])c([2H])c([2H])c4c(N(c4c([2H])c([2H])c(C(C)C)c([2H])c4[2H])c4c([2H])c(C)c([2H])c(C)c4[2H])c([2H])c3c3c([2H])c([2H])c([2H])c([2H])c23)c([2H])c1C. The van der Waals surface area contributed by atoms with Crippen molar-refractivity contribution in [2.24, 2.45) is 0 Å². The molecule has 0 N–H and O–H groups in total. The summed E-state index contributed by atoms with van der Waals surface area (Å²) >= 11 is 0. The minimum atomic E-state index is -0.962. The maximum Gasteiger partial charge on any atom is 0.0652 e. The van der Waals surface area contributed by atoms with Crippen LogP contribution < -0.4 is 9.80 Å². The van der Waals surface area contributed by atoms with Crippen LogP contribution in [0.1, 0.15) is 132 Å². The van der Waals surface area contributed by atoms with Crippen molar-refractivity contribution in [3.05, 3.63) is 178 Å². The van der Waals surface area contributed by atoms with Crippen LogP contribution in [0.25, 0.3) is 32.3 Å². The van der Waals surface area contributed by atoms with Gasteiger partial charge in [0.1, 0.15) is 0 Å². The van der Waals surface area contributed by atoms with E-state index in [1.54, 1.807) is 27.7 Å². The standard InChI is InChI=1S/C52H50N2.10H2/c1-33(2)39-17-21-41(22-18-39)53(43-27-35(5)25-36(6)28-43)51-31-49-46-14-10-12-16-48(46)52(32-50(49)45-13-9-11-15-47(45)51)54(44-29-37(7)26-38(8)30-44)42-23-19-40(20-24-42)34(3)4;;;;;;;;;;/h9-34H,1-8H3;10*1H/i9D,10D,11D,12D,13D,14D,15D,16D,17D,18D,19D,20D,21D,22D,23D,24D,25D,26D,27D,28D,29D,30D,31D,32D;8*1+1D;2*1+1. The number of hydrogen-bond donors (Lipinski definition) is 0. The van der Waals surface area contributed by atoms with Gasteiger partial charge in [-0.25, -0.2) is 0 Å². The molecule has 0 spiro atoms. The molecule has 8 aromatic carbocycles. The Hall–Kier alpha value is -5.86. The maximum absolute atomic E-state index is 10.5. The van der Waals surface area contributed by atoms with Crippen molar-refractivity contribution in [1.82, 2.24) is 0 Å². The van der Waals surface area contributed by atoms with Crippen molar-refractivity contribution in [3.63, 3.8) is 0 Å². The molecule has 8 aromatic rings. The third kappa shape index (κ3) is 6.51. The molecule has 0 saturated heterocycles. The minimum absolute atomic E-state index is 0. The van der Waals surface area contributed by atoms with E-state index in [9.17, 15) is 24.7 Å². The monoisotopic (exact) mass is 765 g/mol. The van der Waals surface area contributed by atoms with Crippen LogP contribution in [0.4, 0.5) is 34.1 Å². The van der Waals surface area contributed by atoms with Crippen LogP contribution in [-0.2, 0) is 0 Å². The van der Waals surface area contributed by atoms with Gasteiger partial charge in [-0.3, -0.25) is 0 Å². The van der Waals surface area contributed by atoms with Gasteiger partial charge in [0.15, 0.2) is 0 Å². The van der Waals surface area contributed by atoms with Crippen LogP contribution in [0.2, 0.25) is 0 Å². The van der Waals surface area contributed by atoms with Crippen molar-refractivity contribution in [2.75, 3.05) is 9.80 Å². The normalized spacial score (nSPS) is 19.1. The summed E-state index contributed by atoms with van der Waals surface area (Å²) in [5.41, 5.74) is -4.53. The first-order valence-corrected chi connectivity index (χ1v) is 17.5. The van der Waals surface area contributed by atoms with Gasteiger partial charge in [-0.05, 0) is 155 Å². The Kier molecular flexibility index (Phi) is 3.70. The van der Waals surface area contributed by atoms with Gasteiger partial charge in [-0.2, -0.15) is 0 Å². The Labute approximate surface area is 382 Å². The van der Waals surface area contributed by atoms with Gasteiger partial charge in [-0.15, -0.1) is 0 Å². The summed E-state index contributed by atoms with van der Waals surface area (Å²) in [7, 11) is 0. The molecule has 0 aromatic heterocycles. The van der Waals surface area contributed by atoms with Crippen LogP contribution in [0, 0.1) is 27.7 Å². The summed E-state index contributed by atoms with van der Waals surface area (Å²) in [6.07, 6.45) is 0. The number of benzene rings is 8. The average molecular weight is 765 g/mol. The summed E-state index contributed by atoms with van der Waals surface area (Å²) in [5.74, 6) is -1.22. The van der Waals surface area contributed by atoms with Gasteiger partial charge in [0.2, 0.25) is 0 Å².